The molecule has 0 saturated heterocycles. The molecule has 0 aromatic heterocycles. The van der Waals surface area contributed by atoms with Crippen LogP contribution in [0.2, 0.25) is 0 Å². The van der Waals surface area contributed by atoms with Crippen molar-refractivity contribution >= 4 is 27.3 Å². The maximum atomic E-state index is 13.3. The van der Waals surface area contributed by atoms with E-state index in [2.05, 4.69) is 5.32 Å². The summed E-state index contributed by atoms with van der Waals surface area (Å²) in [5, 5.41) is 13.5. The number of benzene rings is 3. The number of rotatable bonds is 7. The fourth-order valence-corrected chi connectivity index (χ4v) is 5.80. The lowest BCUT2D eigenvalue weighted by Gasteiger charge is -2.17. The molecule has 0 fully saturated rings. The standard InChI is InChI=1S/C25H24N2O2S2/c1-18-10-7-8-13-21(18)17-30-25(27-24-19(2)11-9-12-20(24)3)23(16-26)31(28,29)22-14-5-4-6-15-22/h4-15,27H,17H2,1-3H3/b25-23+. The van der Waals surface area contributed by atoms with Gasteiger partial charge >= 0.3 is 0 Å². The van der Waals surface area contributed by atoms with Gasteiger partial charge in [0.25, 0.3) is 0 Å². The third-order valence-electron chi connectivity index (χ3n) is 4.98. The van der Waals surface area contributed by atoms with E-state index in [-0.39, 0.29) is 9.80 Å². The number of aryl methyl sites for hydroxylation is 3. The number of para-hydroxylation sites is 1. The van der Waals surface area contributed by atoms with Crippen molar-refractivity contribution in [1.29, 1.82) is 5.26 Å². The van der Waals surface area contributed by atoms with Gasteiger partial charge in [0.2, 0.25) is 9.84 Å². The van der Waals surface area contributed by atoms with Gasteiger partial charge in [0.05, 0.1) is 4.90 Å². The van der Waals surface area contributed by atoms with E-state index in [0.29, 0.717) is 10.8 Å². The first-order valence-electron chi connectivity index (χ1n) is 9.79. The lowest BCUT2D eigenvalue weighted by molar-refractivity contribution is 0.603. The number of sulfone groups is 1. The number of allylic oxidation sites excluding steroid dienone is 1. The Balaban J connectivity index is 2.11. The predicted molar refractivity (Wildman–Crippen MR) is 128 cm³/mol. The molecule has 1 N–H and O–H groups in total. The summed E-state index contributed by atoms with van der Waals surface area (Å²) in [7, 11) is -3.98. The molecule has 6 heteroatoms. The lowest BCUT2D eigenvalue weighted by Crippen LogP contribution is -2.11. The summed E-state index contributed by atoms with van der Waals surface area (Å²) in [4.78, 5) is -0.177. The average Bonchev–Trinajstić information content (AvgIpc) is 2.76. The second kappa shape index (κ2) is 9.86. The lowest BCUT2D eigenvalue weighted by atomic mass is 10.1. The van der Waals surface area contributed by atoms with Crippen molar-refractivity contribution in [2.75, 3.05) is 5.32 Å². The Morgan fingerprint density at radius 1 is 0.871 bits per heavy atom. The van der Waals surface area contributed by atoms with Crippen molar-refractivity contribution in [1.82, 2.24) is 0 Å². The van der Waals surface area contributed by atoms with Crippen LogP contribution in [0.15, 0.2) is 87.6 Å². The first-order valence-corrected chi connectivity index (χ1v) is 12.3. The fourth-order valence-electron chi connectivity index (χ4n) is 3.16. The minimum Gasteiger partial charge on any atom is -0.348 e. The van der Waals surface area contributed by atoms with E-state index in [4.69, 9.17) is 0 Å². The molecule has 3 aromatic carbocycles. The Labute approximate surface area is 188 Å². The number of thioether (sulfide) groups is 1. The van der Waals surface area contributed by atoms with Crippen LogP contribution in [0.1, 0.15) is 22.3 Å². The molecule has 158 valence electrons. The van der Waals surface area contributed by atoms with Crippen LogP contribution in [0.25, 0.3) is 0 Å². The fraction of sp³-hybridized carbons (Fsp3) is 0.160. The van der Waals surface area contributed by atoms with Crippen molar-refractivity contribution in [3.63, 3.8) is 0 Å². The molecular weight excluding hydrogens is 424 g/mol. The van der Waals surface area contributed by atoms with Gasteiger partial charge in [0.15, 0.2) is 4.91 Å². The van der Waals surface area contributed by atoms with Crippen LogP contribution < -0.4 is 5.32 Å². The number of anilines is 1. The van der Waals surface area contributed by atoms with Crippen LogP contribution in [-0.2, 0) is 15.6 Å². The highest BCUT2D eigenvalue weighted by Crippen LogP contribution is 2.33. The Kier molecular flexibility index (Phi) is 7.21. The van der Waals surface area contributed by atoms with Gasteiger partial charge in [0.1, 0.15) is 11.1 Å². The summed E-state index contributed by atoms with van der Waals surface area (Å²) in [6, 6.07) is 23.8. The van der Waals surface area contributed by atoms with Gasteiger partial charge in [0, 0.05) is 11.4 Å². The van der Waals surface area contributed by atoms with E-state index in [1.165, 1.54) is 23.9 Å². The van der Waals surface area contributed by atoms with Gasteiger partial charge in [-0.1, -0.05) is 60.7 Å². The predicted octanol–water partition coefficient (Wildman–Crippen LogP) is 6.12. The van der Waals surface area contributed by atoms with E-state index in [1.807, 2.05) is 69.3 Å². The van der Waals surface area contributed by atoms with Gasteiger partial charge in [-0.05, 0) is 55.2 Å². The number of hydrogen-bond donors (Lipinski definition) is 1. The molecule has 0 heterocycles. The highest BCUT2D eigenvalue weighted by molar-refractivity contribution is 8.04. The molecule has 0 radical (unpaired) electrons. The highest BCUT2D eigenvalue weighted by Gasteiger charge is 2.26. The van der Waals surface area contributed by atoms with Crippen LogP contribution in [-0.4, -0.2) is 8.42 Å². The zero-order valence-electron chi connectivity index (χ0n) is 17.7. The van der Waals surface area contributed by atoms with E-state index in [0.717, 1.165) is 27.9 Å². The average molecular weight is 449 g/mol. The van der Waals surface area contributed by atoms with E-state index < -0.39 is 9.84 Å². The minimum absolute atomic E-state index is 0.101. The molecule has 0 aliphatic carbocycles. The van der Waals surface area contributed by atoms with Crippen LogP contribution in [0.3, 0.4) is 0 Å². The Hall–Kier alpha value is -3.01. The zero-order chi connectivity index (χ0) is 22.4. The van der Waals surface area contributed by atoms with Crippen LogP contribution in [0.4, 0.5) is 5.69 Å². The topological polar surface area (TPSA) is 70.0 Å². The van der Waals surface area contributed by atoms with Crippen molar-refractivity contribution < 1.29 is 8.42 Å². The normalized spacial score (nSPS) is 12.1. The molecular formula is C25H24N2O2S2. The molecule has 0 spiro atoms. The molecule has 3 rings (SSSR count). The van der Waals surface area contributed by atoms with E-state index in [9.17, 15) is 13.7 Å². The second-order valence-corrected chi connectivity index (χ2v) is 10.1. The third-order valence-corrected chi connectivity index (χ3v) is 7.89. The maximum absolute atomic E-state index is 13.3. The largest absolute Gasteiger partial charge is 0.348 e. The second-order valence-electron chi connectivity index (χ2n) is 7.19. The Bertz CT molecular complexity index is 1240. The molecule has 4 nitrogen and oxygen atoms in total. The van der Waals surface area contributed by atoms with Gasteiger partial charge in [-0.2, -0.15) is 5.26 Å². The molecule has 0 aliphatic rings. The van der Waals surface area contributed by atoms with E-state index >= 15 is 0 Å². The molecule has 0 saturated carbocycles. The summed E-state index contributed by atoms with van der Waals surface area (Å²) in [6.45, 7) is 5.93. The first-order chi connectivity index (χ1) is 14.8. The summed E-state index contributed by atoms with van der Waals surface area (Å²) < 4.78 is 26.6. The number of nitrogens with zero attached hydrogens (tertiary/aromatic N) is 1. The van der Waals surface area contributed by atoms with Crippen molar-refractivity contribution in [3.8, 4) is 6.07 Å². The highest BCUT2D eigenvalue weighted by atomic mass is 32.2. The van der Waals surface area contributed by atoms with Crippen LogP contribution in [0.5, 0.6) is 0 Å². The first kappa shape index (κ1) is 22.7. The molecule has 0 unspecified atom stereocenters. The van der Waals surface area contributed by atoms with E-state index in [1.54, 1.807) is 18.2 Å². The van der Waals surface area contributed by atoms with Gasteiger partial charge in [-0.15, -0.1) is 11.8 Å². The molecule has 0 aliphatic heterocycles. The maximum Gasteiger partial charge on any atom is 0.219 e. The van der Waals surface area contributed by atoms with Crippen LogP contribution in [0, 0.1) is 32.1 Å². The Morgan fingerprint density at radius 2 is 1.45 bits per heavy atom. The van der Waals surface area contributed by atoms with Crippen molar-refractivity contribution in [2.45, 2.75) is 31.4 Å². The number of hydrogen-bond acceptors (Lipinski definition) is 5. The van der Waals surface area contributed by atoms with Gasteiger partial charge in [-0.3, -0.25) is 0 Å². The zero-order valence-corrected chi connectivity index (χ0v) is 19.3. The molecule has 0 bridgehead atoms. The van der Waals surface area contributed by atoms with Crippen molar-refractivity contribution in [2.24, 2.45) is 0 Å². The monoisotopic (exact) mass is 448 g/mol. The summed E-state index contributed by atoms with van der Waals surface area (Å²) in [6.07, 6.45) is 0. The Morgan fingerprint density at radius 3 is 2.06 bits per heavy atom. The van der Waals surface area contributed by atoms with Gasteiger partial charge in [-0.25, -0.2) is 8.42 Å². The quantitative estimate of drug-likeness (QED) is 0.441. The SMILES string of the molecule is Cc1ccccc1CS/C(Nc1c(C)cccc1C)=C(\C#N)S(=O)(=O)c1ccccc1. The molecule has 31 heavy (non-hydrogen) atoms. The molecule has 0 atom stereocenters. The van der Waals surface area contributed by atoms with Gasteiger partial charge < -0.3 is 5.32 Å². The van der Waals surface area contributed by atoms with Crippen molar-refractivity contribution in [3.05, 3.63) is 105 Å². The smallest absolute Gasteiger partial charge is 0.219 e. The third kappa shape index (κ3) is 5.19. The summed E-state index contributed by atoms with van der Waals surface area (Å²) >= 11 is 1.32. The summed E-state index contributed by atoms with van der Waals surface area (Å²) in [5.74, 6) is 0.537. The number of nitriles is 1. The number of nitrogens with one attached hydrogen (secondary N) is 1. The molecule has 0 amide bonds. The summed E-state index contributed by atoms with van der Waals surface area (Å²) in [5.41, 5.74) is 4.96. The minimum atomic E-state index is -3.98. The van der Waals surface area contributed by atoms with Crippen LogP contribution >= 0.6 is 11.8 Å². The molecule has 3 aromatic rings.